The van der Waals surface area contributed by atoms with Crippen LogP contribution in [0.2, 0.25) is 15.1 Å². The van der Waals surface area contributed by atoms with Crippen LogP contribution in [0, 0.1) is 14.9 Å². The van der Waals surface area contributed by atoms with Crippen LogP contribution in [-0.2, 0) is 6.61 Å². The Hall–Kier alpha value is -1.91. The minimum absolute atomic E-state index is 0.384. The number of nitriles is 1. The number of hydrogen-bond donors (Lipinski definition) is 0. The van der Waals surface area contributed by atoms with Gasteiger partial charge in [-0.1, -0.05) is 53.0 Å². The second kappa shape index (κ2) is 11.1. The average molecular weight is 585 g/mol. The molecular formula is C24H17Cl3INO2. The Balaban J connectivity index is 1.92. The summed E-state index contributed by atoms with van der Waals surface area (Å²) in [4.78, 5) is 0. The predicted molar refractivity (Wildman–Crippen MR) is 136 cm³/mol. The van der Waals surface area contributed by atoms with Gasteiger partial charge in [0.2, 0.25) is 0 Å². The number of benzene rings is 3. The molecule has 0 aliphatic rings. The molecule has 158 valence electrons. The van der Waals surface area contributed by atoms with Crippen LogP contribution in [0.25, 0.3) is 11.6 Å². The lowest BCUT2D eigenvalue weighted by atomic mass is 10.0. The standard InChI is InChI=1S/C24H17Cl3INO2/c1-2-30-23-11-16(9-18(13-29)17-5-8-20(26)21(27)12-17)10-22(28)24(23)31-14-15-3-6-19(25)7-4-15/h3-12H,2,14H2,1H3/b18-9-. The van der Waals surface area contributed by atoms with E-state index >= 15 is 0 Å². The van der Waals surface area contributed by atoms with E-state index in [1.807, 2.05) is 43.3 Å². The van der Waals surface area contributed by atoms with E-state index in [-0.39, 0.29) is 0 Å². The number of rotatable bonds is 7. The highest BCUT2D eigenvalue weighted by Crippen LogP contribution is 2.36. The molecule has 0 bridgehead atoms. The summed E-state index contributed by atoms with van der Waals surface area (Å²) in [5.41, 5.74) is 2.96. The lowest BCUT2D eigenvalue weighted by molar-refractivity contribution is 0.267. The molecule has 3 nitrogen and oxygen atoms in total. The Labute approximate surface area is 210 Å². The van der Waals surface area contributed by atoms with Gasteiger partial charge in [-0.05, 0) is 88.7 Å². The van der Waals surface area contributed by atoms with Crippen molar-refractivity contribution in [2.24, 2.45) is 0 Å². The normalized spacial score (nSPS) is 11.2. The van der Waals surface area contributed by atoms with E-state index < -0.39 is 0 Å². The molecule has 31 heavy (non-hydrogen) atoms. The van der Waals surface area contributed by atoms with E-state index in [1.165, 1.54) is 0 Å². The van der Waals surface area contributed by atoms with Gasteiger partial charge in [0.1, 0.15) is 6.61 Å². The van der Waals surface area contributed by atoms with E-state index in [0.717, 1.165) is 14.7 Å². The van der Waals surface area contributed by atoms with Crippen molar-refractivity contribution in [2.75, 3.05) is 6.61 Å². The van der Waals surface area contributed by atoms with Gasteiger partial charge in [-0.25, -0.2) is 0 Å². The zero-order chi connectivity index (χ0) is 22.4. The van der Waals surface area contributed by atoms with E-state index in [9.17, 15) is 5.26 Å². The van der Waals surface area contributed by atoms with Crippen molar-refractivity contribution in [1.29, 1.82) is 5.26 Å². The van der Waals surface area contributed by atoms with Crippen LogP contribution in [0.3, 0.4) is 0 Å². The molecule has 0 heterocycles. The smallest absolute Gasteiger partial charge is 0.175 e. The van der Waals surface area contributed by atoms with E-state index in [4.69, 9.17) is 44.3 Å². The van der Waals surface area contributed by atoms with Gasteiger partial charge >= 0.3 is 0 Å². The summed E-state index contributed by atoms with van der Waals surface area (Å²) in [6.07, 6.45) is 1.78. The zero-order valence-electron chi connectivity index (χ0n) is 16.5. The second-order valence-electron chi connectivity index (χ2n) is 6.48. The number of hydrogen-bond acceptors (Lipinski definition) is 3. The highest BCUT2D eigenvalue weighted by atomic mass is 127. The highest BCUT2D eigenvalue weighted by molar-refractivity contribution is 14.1. The summed E-state index contributed by atoms with van der Waals surface area (Å²) in [6, 6.07) is 18.6. The van der Waals surface area contributed by atoms with Crippen LogP contribution in [0.4, 0.5) is 0 Å². The first kappa shape index (κ1) is 23.7. The molecule has 0 saturated heterocycles. The molecule has 3 aromatic carbocycles. The number of allylic oxidation sites excluding steroid dienone is 1. The van der Waals surface area contributed by atoms with E-state index in [2.05, 4.69) is 28.7 Å². The Morgan fingerprint density at radius 2 is 1.74 bits per heavy atom. The first-order valence-electron chi connectivity index (χ1n) is 9.32. The molecule has 0 atom stereocenters. The number of ether oxygens (including phenoxy) is 2. The molecule has 0 N–H and O–H groups in total. The molecule has 0 amide bonds. The van der Waals surface area contributed by atoms with Gasteiger partial charge in [0, 0.05) is 5.02 Å². The number of nitrogens with zero attached hydrogens (tertiary/aromatic N) is 1. The minimum Gasteiger partial charge on any atom is -0.490 e. The van der Waals surface area contributed by atoms with Crippen LogP contribution >= 0.6 is 57.4 Å². The van der Waals surface area contributed by atoms with Gasteiger partial charge in [-0.3, -0.25) is 0 Å². The van der Waals surface area contributed by atoms with Gasteiger partial charge in [0.15, 0.2) is 11.5 Å². The molecule has 0 spiro atoms. The van der Waals surface area contributed by atoms with Crippen molar-refractivity contribution in [3.05, 3.63) is 89.9 Å². The quantitative estimate of drug-likeness (QED) is 0.159. The third-order valence-corrected chi connectivity index (χ3v) is 6.08. The summed E-state index contributed by atoms with van der Waals surface area (Å²) in [5, 5.41) is 11.2. The molecule has 0 radical (unpaired) electrons. The molecular weight excluding hydrogens is 568 g/mol. The largest absolute Gasteiger partial charge is 0.490 e. The van der Waals surface area contributed by atoms with Crippen LogP contribution in [-0.4, -0.2) is 6.61 Å². The van der Waals surface area contributed by atoms with Crippen molar-refractivity contribution in [3.8, 4) is 17.6 Å². The zero-order valence-corrected chi connectivity index (χ0v) is 20.9. The molecule has 0 aliphatic heterocycles. The molecule has 0 aliphatic carbocycles. The number of halogens is 4. The maximum absolute atomic E-state index is 9.67. The van der Waals surface area contributed by atoms with Crippen molar-refractivity contribution in [1.82, 2.24) is 0 Å². The van der Waals surface area contributed by atoms with Crippen LogP contribution < -0.4 is 9.47 Å². The SMILES string of the molecule is CCOc1cc(/C=C(/C#N)c2ccc(Cl)c(Cl)c2)cc(I)c1OCc1ccc(Cl)cc1. The maximum Gasteiger partial charge on any atom is 0.175 e. The van der Waals surface area contributed by atoms with Gasteiger partial charge < -0.3 is 9.47 Å². The molecule has 3 rings (SSSR count). The Morgan fingerprint density at radius 3 is 2.39 bits per heavy atom. The van der Waals surface area contributed by atoms with Crippen molar-refractivity contribution < 1.29 is 9.47 Å². The molecule has 3 aromatic rings. The monoisotopic (exact) mass is 583 g/mol. The highest BCUT2D eigenvalue weighted by Gasteiger charge is 2.13. The molecule has 0 saturated carbocycles. The summed E-state index contributed by atoms with van der Waals surface area (Å²) in [7, 11) is 0. The maximum atomic E-state index is 9.67. The fraction of sp³-hybridized carbons (Fsp3) is 0.125. The molecule has 0 aromatic heterocycles. The van der Waals surface area contributed by atoms with Gasteiger partial charge in [0.05, 0.1) is 31.9 Å². The second-order valence-corrected chi connectivity index (χ2v) is 8.89. The van der Waals surface area contributed by atoms with Crippen LogP contribution in [0.15, 0.2) is 54.6 Å². The van der Waals surface area contributed by atoms with Crippen LogP contribution in [0.5, 0.6) is 11.5 Å². The third kappa shape index (κ3) is 6.30. The first-order valence-corrected chi connectivity index (χ1v) is 11.5. The Bertz CT molecular complexity index is 1150. The van der Waals surface area contributed by atoms with Crippen molar-refractivity contribution in [3.63, 3.8) is 0 Å². The third-order valence-electron chi connectivity index (χ3n) is 4.29. The fourth-order valence-electron chi connectivity index (χ4n) is 2.82. The lowest BCUT2D eigenvalue weighted by Gasteiger charge is -2.15. The van der Waals surface area contributed by atoms with Gasteiger partial charge in [-0.2, -0.15) is 5.26 Å². The van der Waals surface area contributed by atoms with Crippen molar-refractivity contribution in [2.45, 2.75) is 13.5 Å². The lowest BCUT2D eigenvalue weighted by Crippen LogP contribution is -2.02. The molecule has 0 unspecified atom stereocenters. The Kier molecular flexibility index (Phi) is 8.50. The molecule has 7 heteroatoms. The predicted octanol–water partition coefficient (Wildman–Crippen LogP) is 8.29. The average Bonchev–Trinajstić information content (AvgIpc) is 2.75. The fourth-order valence-corrected chi connectivity index (χ4v) is 4.03. The van der Waals surface area contributed by atoms with Gasteiger partial charge in [0.25, 0.3) is 0 Å². The van der Waals surface area contributed by atoms with Gasteiger partial charge in [-0.15, -0.1) is 0 Å². The summed E-state index contributed by atoms with van der Waals surface area (Å²) in [6.45, 7) is 2.78. The van der Waals surface area contributed by atoms with E-state index in [0.29, 0.717) is 50.9 Å². The summed E-state index contributed by atoms with van der Waals surface area (Å²) < 4.78 is 12.7. The topological polar surface area (TPSA) is 42.2 Å². The Morgan fingerprint density at radius 1 is 1.00 bits per heavy atom. The minimum atomic E-state index is 0.384. The summed E-state index contributed by atoms with van der Waals surface area (Å²) >= 11 is 20.3. The van der Waals surface area contributed by atoms with Crippen molar-refractivity contribution >= 4 is 69.0 Å². The molecule has 0 fully saturated rings. The van der Waals surface area contributed by atoms with E-state index in [1.54, 1.807) is 24.3 Å². The summed E-state index contributed by atoms with van der Waals surface area (Å²) in [5.74, 6) is 1.27. The van der Waals surface area contributed by atoms with Crippen LogP contribution in [0.1, 0.15) is 23.6 Å². The first-order chi connectivity index (χ1) is 14.9.